The minimum atomic E-state index is -0.346. The van der Waals surface area contributed by atoms with Crippen molar-refractivity contribution in [2.75, 3.05) is 10.6 Å². The van der Waals surface area contributed by atoms with Gasteiger partial charge in [-0.1, -0.05) is 22.9 Å². The van der Waals surface area contributed by atoms with Gasteiger partial charge in [0.2, 0.25) is 5.95 Å². The molecule has 0 unspecified atom stereocenters. The second-order valence-electron chi connectivity index (χ2n) is 5.52. The van der Waals surface area contributed by atoms with Gasteiger partial charge < -0.3 is 15.2 Å². The van der Waals surface area contributed by atoms with Crippen molar-refractivity contribution in [1.29, 1.82) is 0 Å². The zero-order valence-corrected chi connectivity index (χ0v) is 13.6. The molecule has 24 heavy (non-hydrogen) atoms. The predicted octanol–water partition coefficient (Wildman–Crippen LogP) is 3.39. The Balaban J connectivity index is 1.69. The first-order valence-electron chi connectivity index (χ1n) is 7.42. The average Bonchev–Trinajstić information content (AvgIpc) is 2.96. The Bertz CT molecular complexity index is 871. The van der Waals surface area contributed by atoms with Gasteiger partial charge in [0, 0.05) is 24.1 Å². The van der Waals surface area contributed by atoms with Gasteiger partial charge in [-0.05, 0) is 32.4 Å². The number of hydrogen-bond donors (Lipinski definition) is 2. The first kappa shape index (κ1) is 15.7. The maximum Gasteiger partial charge on any atom is 0.260 e. The van der Waals surface area contributed by atoms with Crippen LogP contribution in [0.3, 0.4) is 0 Å². The van der Waals surface area contributed by atoms with Crippen molar-refractivity contribution in [3.8, 4) is 0 Å². The standard InChI is InChI=1S/C17H17N5O2/c1-10-4-5-14(11(2)6-10)20-17-18-8-13(9-19-17)16(23)21-15-7-12(3)24-22-15/h4-9H,1-3H3,(H,18,19,20)(H,21,22,23). The Kier molecular flexibility index (Phi) is 4.24. The van der Waals surface area contributed by atoms with Gasteiger partial charge >= 0.3 is 0 Å². The summed E-state index contributed by atoms with van der Waals surface area (Å²) in [6, 6.07) is 7.69. The molecule has 0 atom stereocenters. The number of benzene rings is 1. The number of aryl methyl sites for hydroxylation is 3. The number of carbonyl (C=O) groups excluding carboxylic acids is 1. The number of aromatic nitrogens is 3. The molecular formula is C17H17N5O2. The van der Waals surface area contributed by atoms with Gasteiger partial charge in [0.05, 0.1) is 5.56 Å². The Morgan fingerprint density at radius 1 is 1.08 bits per heavy atom. The van der Waals surface area contributed by atoms with Crippen LogP contribution in [-0.2, 0) is 0 Å². The molecule has 7 heteroatoms. The van der Waals surface area contributed by atoms with Crippen molar-refractivity contribution < 1.29 is 9.32 Å². The summed E-state index contributed by atoms with van der Waals surface area (Å²) in [4.78, 5) is 20.4. The summed E-state index contributed by atoms with van der Waals surface area (Å²) >= 11 is 0. The fourth-order valence-electron chi connectivity index (χ4n) is 2.20. The fraction of sp³-hybridized carbons (Fsp3) is 0.176. The molecule has 0 aliphatic rings. The Morgan fingerprint density at radius 2 is 1.83 bits per heavy atom. The van der Waals surface area contributed by atoms with E-state index in [1.54, 1.807) is 13.0 Å². The zero-order chi connectivity index (χ0) is 17.1. The largest absolute Gasteiger partial charge is 0.360 e. The van der Waals surface area contributed by atoms with E-state index in [-0.39, 0.29) is 5.91 Å². The maximum absolute atomic E-state index is 12.1. The SMILES string of the molecule is Cc1ccc(Nc2ncc(C(=O)Nc3cc(C)on3)cn2)c(C)c1. The molecule has 0 aliphatic carbocycles. The molecule has 122 valence electrons. The number of nitrogens with zero attached hydrogens (tertiary/aromatic N) is 3. The summed E-state index contributed by atoms with van der Waals surface area (Å²) < 4.78 is 4.90. The van der Waals surface area contributed by atoms with E-state index in [1.165, 1.54) is 18.0 Å². The molecule has 3 rings (SSSR count). The number of hydrogen-bond acceptors (Lipinski definition) is 6. The van der Waals surface area contributed by atoms with Crippen molar-refractivity contribution in [2.45, 2.75) is 20.8 Å². The van der Waals surface area contributed by atoms with E-state index >= 15 is 0 Å². The molecule has 1 aromatic carbocycles. The van der Waals surface area contributed by atoms with Gasteiger partial charge in [-0.3, -0.25) is 4.79 Å². The molecule has 7 nitrogen and oxygen atoms in total. The number of amides is 1. The molecule has 1 amide bonds. The minimum absolute atomic E-state index is 0.335. The van der Waals surface area contributed by atoms with E-state index in [9.17, 15) is 4.79 Å². The van der Waals surface area contributed by atoms with Gasteiger partial charge in [0.15, 0.2) is 5.82 Å². The quantitative estimate of drug-likeness (QED) is 0.764. The monoisotopic (exact) mass is 323 g/mol. The van der Waals surface area contributed by atoms with Crippen LogP contribution in [0.2, 0.25) is 0 Å². The third-order valence-electron chi connectivity index (χ3n) is 3.41. The molecule has 0 spiro atoms. The predicted molar refractivity (Wildman–Crippen MR) is 90.4 cm³/mol. The number of nitrogens with one attached hydrogen (secondary N) is 2. The van der Waals surface area contributed by atoms with E-state index < -0.39 is 0 Å². The molecule has 3 aromatic rings. The van der Waals surface area contributed by atoms with Gasteiger partial charge in [-0.2, -0.15) is 0 Å². The highest BCUT2D eigenvalue weighted by Crippen LogP contribution is 2.19. The normalized spacial score (nSPS) is 10.5. The van der Waals surface area contributed by atoms with E-state index in [0.29, 0.717) is 23.1 Å². The average molecular weight is 323 g/mol. The third-order valence-corrected chi connectivity index (χ3v) is 3.41. The summed E-state index contributed by atoms with van der Waals surface area (Å²) in [5.41, 5.74) is 3.55. The smallest absolute Gasteiger partial charge is 0.260 e. The van der Waals surface area contributed by atoms with Gasteiger partial charge in [-0.25, -0.2) is 9.97 Å². The number of anilines is 3. The zero-order valence-electron chi connectivity index (χ0n) is 13.6. The molecule has 2 heterocycles. The molecule has 0 saturated carbocycles. The van der Waals surface area contributed by atoms with Crippen molar-refractivity contribution in [3.05, 3.63) is 59.1 Å². The Labute approximate surface area is 139 Å². The maximum atomic E-state index is 12.1. The lowest BCUT2D eigenvalue weighted by Gasteiger charge is -2.09. The van der Waals surface area contributed by atoms with Crippen LogP contribution in [-0.4, -0.2) is 21.0 Å². The first-order valence-corrected chi connectivity index (χ1v) is 7.42. The summed E-state index contributed by atoms with van der Waals surface area (Å²) in [6.45, 7) is 5.80. The molecule has 0 aliphatic heterocycles. The van der Waals surface area contributed by atoms with Gasteiger partial charge in [-0.15, -0.1) is 0 Å². The van der Waals surface area contributed by atoms with Crippen LogP contribution in [0, 0.1) is 20.8 Å². The molecule has 2 N–H and O–H groups in total. The van der Waals surface area contributed by atoms with E-state index in [2.05, 4.69) is 31.8 Å². The Hall–Kier alpha value is -3.22. The molecule has 2 aromatic heterocycles. The number of rotatable bonds is 4. The van der Waals surface area contributed by atoms with Crippen LogP contribution in [0.25, 0.3) is 0 Å². The molecule has 0 bridgehead atoms. The van der Waals surface area contributed by atoms with Crippen molar-refractivity contribution >= 4 is 23.4 Å². The molecule has 0 saturated heterocycles. The molecule has 0 radical (unpaired) electrons. The summed E-state index contributed by atoms with van der Waals surface area (Å²) in [7, 11) is 0. The number of carbonyl (C=O) groups is 1. The highest BCUT2D eigenvalue weighted by atomic mass is 16.5. The van der Waals surface area contributed by atoms with Crippen LogP contribution in [0.15, 0.2) is 41.2 Å². The van der Waals surface area contributed by atoms with Gasteiger partial charge in [0.1, 0.15) is 5.76 Å². The lowest BCUT2D eigenvalue weighted by molar-refractivity contribution is 0.102. The molecule has 0 fully saturated rings. The second kappa shape index (κ2) is 6.49. The van der Waals surface area contributed by atoms with Gasteiger partial charge in [0.25, 0.3) is 5.91 Å². The van der Waals surface area contributed by atoms with Crippen LogP contribution in [0.1, 0.15) is 27.2 Å². The topological polar surface area (TPSA) is 92.9 Å². The summed E-state index contributed by atoms with van der Waals surface area (Å²) in [5, 5.41) is 9.47. The summed E-state index contributed by atoms with van der Waals surface area (Å²) in [5.74, 6) is 1.06. The summed E-state index contributed by atoms with van der Waals surface area (Å²) in [6.07, 6.45) is 2.92. The van der Waals surface area contributed by atoms with Crippen LogP contribution >= 0.6 is 0 Å². The second-order valence-corrected chi connectivity index (χ2v) is 5.52. The highest BCUT2D eigenvalue weighted by Gasteiger charge is 2.10. The first-order chi connectivity index (χ1) is 11.5. The molecular weight excluding hydrogens is 306 g/mol. The van der Waals surface area contributed by atoms with E-state index in [4.69, 9.17) is 4.52 Å². The third kappa shape index (κ3) is 3.57. The van der Waals surface area contributed by atoms with Crippen LogP contribution in [0.4, 0.5) is 17.5 Å². The van der Waals surface area contributed by atoms with Crippen LogP contribution in [0.5, 0.6) is 0 Å². The fourth-order valence-corrected chi connectivity index (χ4v) is 2.20. The van der Waals surface area contributed by atoms with Crippen molar-refractivity contribution in [3.63, 3.8) is 0 Å². The minimum Gasteiger partial charge on any atom is -0.360 e. The highest BCUT2D eigenvalue weighted by molar-refractivity contribution is 6.03. The Morgan fingerprint density at radius 3 is 2.46 bits per heavy atom. The van der Waals surface area contributed by atoms with E-state index in [0.717, 1.165) is 11.3 Å². The lowest BCUT2D eigenvalue weighted by atomic mass is 10.1. The lowest BCUT2D eigenvalue weighted by Crippen LogP contribution is -2.13. The van der Waals surface area contributed by atoms with E-state index in [1.807, 2.05) is 26.0 Å². The van der Waals surface area contributed by atoms with Crippen molar-refractivity contribution in [2.24, 2.45) is 0 Å². The van der Waals surface area contributed by atoms with Crippen LogP contribution < -0.4 is 10.6 Å². The van der Waals surface area contributed by atoms with Crippen molar-refractivity contribution in [1.82, 2.24) is 15.1 Å².